The summed E-state index contributed by atoms with van der Waals surface area (Å²) in [7, 11) is 0. The number of aromatic nitrogens is 1. The first-order valence-corrected chi connectivity index (χ1v) is 11.1. The first kappa shape index (κ1) is 20.4. The van der Waals surface area contributed by atoms with Crippen LogP contribution in [0.1, 0.15) is 36.8 Å². The quantitative estimate of drug-likeness (QED) is 0.560. The number of nitrogens with zero attached hydrogens (tertiary/aromatic N) is 3. The SMILES string of the molecule is Nc1cccnc1N(CCCN1CCCCC1)c1ccccc1Cc1ccccc1. The Morgan fingerprint density at radius 1 is 0.867 bits per heavy atom. The van der Waals surface area contributed by atoms with Crippen molar-refractivity contribution in [1.29, 1.82) is 0 Å². The molecule has 4 rings (SSSR count). The average Bonchev–Trinajstić information content (AvgIpc) is 2.80. The molecule has 1 saturated heterocycles. The van der Waals surface area contributed by atoms with Crippen LogP contribution in [0.25, 0.3) is 0 Å². The number of rotatable bonds is 8. The van der Waals surface area contributed by atoms with Crippen LogP contribution in [-0.4, -0.2) is 36.1 Å². The van der Waals surface area contributed by atoms with E-state index in [1.54, 1.807) is 0 Å². The molecule has 2 heterocycles. The average molecular weight is 401 g/mol. The number of nitrogen functional groups attached to an aromatic ring is 1. The number of benzene rings is 2. The Hall–Kier alpha value is -2.85. The first-order valence-electron chi connectivity index (χ1n) is 11.1. The zero-order valence-electron chi connectivity index (χ0n) is 17.7. The summed E-state index contributed by atoms with van der Waals surface area (Å²) in [6.07, 6.45) is 7.86. The third kappa shape index (κ3) is 5.19. The molecule has 0 bridgehead atoms. The Labute approximate surface area is 180 Å². The van der Waals surface area contributed by atoms with Gasteiger partial charge in [-0.05, 0) is 74.6 Å². The van der Waals surface area contributed by atoms with E-state index in [9.17, 15) is 0 Å². The van der Waals surface area contributed by atoms with E-state index in [2.05, 4.69) is 69.4 Å². The lowest BCUT2D eigenvalue weighted by Crippen LogP contribution is -2.33. The van der Waals surface area contributed by atoms with Crippen molar-refractivity contribution in [3.05, 3.63) is 84.1 Å². The van der Waals surface area contributed by atoms with Crippen molar-refractivity contribution in [1.82, 2.24) is 9.88 Å². The van der Waals surface area contributed by atoms with Crippen LogP contribution < -0.4 is 10.6 Å². The minimum Gasteiger partial charge on any atom is -0.396 e. The minimum atomic E-state index is 0.727. The van der Waals surface area contributed by atoms with Gasteiger partial charge in [-0.2, -0.15) is 0 Å². The Bertz CT molecular complexity index is 919. The van der Waals surface area contributed by atoms with Crippen LogP contribution in [0.3, 0.4) is 0 Å². The lowest BCUT2D eigenvalue weighted by atomic mass is 10.0. The van der Waals surface area contributed by atoms with E-state index in [1.165, 1.54) is 49.2 Å². The molecule has 4 nitrogen and oxygen atoms in total. The molecule has 1 aromatic heterocycles. The molecule has 0 aliphatic carbocycles. The zero-order valence-corrected chi connectivity index (χ0v) is 17.7. The van der Waals surface area contributed by atoms with Gasteiger partial charge in [-0.3, -0.25) is 0 Å². The molecule has 2 aromatic carbocycles. The molecule has 30 heavy (non-hydrogen) atoms. The van der Waals surface area contributed by atoms with Gasteiger partial charge in [0.15, 0.2) is 5.82 Å². The molecule has 156 valence electrons. The van der Waals surface area contributed by atoms with Gasteiger partial charge in [-0.15, -0.1) is 0 Å². The molecule has 1 aliphatic heterocycles. The highest BCUT2D eigenvalue weighted by molar-refractivity contribution is 5.73. The Balaban J connectivity index is 1.58. The molecular formula is C26H32N4. The summed E-state index contributed by atoms with van der Waals surface area (Å²) in [5, 5.41) is 0. The number of hydrogen-bond donors (Lipinski definition) is 1. The summed E-state index contributed by atoms with van der Waals surface area (Å²) in [5.74, 6) is 0.858. The highest BCUT2D eigenvalue weighted by atomic mass is 15.2. The van der Waals surface area contributed by atoms with Crippen LogP contribution >= 0.6 is 0 Å². The molecule has 0 spiro atoms. The highest BCUT2D eigenvalue weighted by Crippen LogP contribution is 2.32. The molecule has 1 fully saturated rings. The highest BCUT2D eigenvalue weighted by Gasteiger charge is 2.18. The number of nitrogens with two attached hydrogens (primary N) is 1. The molecule has 4 heteroatoms. The summed E-state index contributed by atoms with van der Waals surface area (Å²) in [6.45, 7) is 4.50. The largest absolute Gasteiger partial charge is 0.396 e. The summed E-state index contributed by atoms with van der Waals surface area (Å²) in [4.78, 5) is 9.57. The van der Waals surface area contributed by atoms with Gasteiger partial charge in [-0.25, -0.2) is 4.98 Å². The van der Waals surface area contributed by atoms with Gasteiger partial charge in [0, 0.05) is 18.4 Å². The van der Waals surface area contributed by atoms with Crippen molar-refractivity contribution < 1.29 is 0 Å². The summed E-state index contributed by atoms with van der Waals surface area (Å²) >= 11 is 0. The van der Waals surface area contributed by atoms with Gasteiger partial charge >= 0.3 is 0 Å². The number of hydrogen-bond acceptors (Lipinski definition) is 4. The lowest BCUT2D eigenvalue weighted by Gasteiger charge is -2.30. The van der Waals surface area contributed by atoms with E-state index in [1.807, 2.05) is 18.3 Å². The Morgan fingerprint density at radius 3 is 2.43 bits per heavy atom. The van der Waals surface area contributed by atoms with Crippen molar-refractivity contribution in [2.75, 3.05) is 36.8 Å². The van der Waals surface area contributed by atoms with Crippen LogP contribution in [0.2, 0.25) is 0 Å². The Morgan fingerprint density at radius 2 is 1.63 bits per heavy atom. The number of piperidine rings is 1. The third-order valence-corrected chi connectivity index (χ3v) is 5.90. The molecule has 3 aromatic rings. The van der Waals surface area contributed by atoms with Crippen LogP contribution in [0.4, 0.5) is 17.2 Å². The van der Waals surface area contributed by atoms with E-state index in [-0.39, 0.29) is 0 Å². The van der Waals surface area contributed by atoms with Crippen molar-refractivity contribution in [2.24, 2.45) is 0 Å². The Kier molecular flexibility index (Phi) is 6.99. The van der Waals surface area contributed by atoms with E-state index in [0.29, 0.717) is 0 Å². The zero-order chi connectivity index (χ0) is 20.6. The topological polar surface area (TPSA) is 45.4 Å². The monoisotopic (exact) mass is 400 g/mol. The summed E-state index contributed by atoms with van der Waals surface area (Å²) in [6, 6.07) is 23.1. The number of likely N-dealkylation sites (tertiary alicyclic amines) is 1. The summed E-state index contributed by atoms with van der Waals surface area (Å²) < 4.78 is 0. The standard InChI is InChI=1S/C26H32N4/c27-24-14-9-16-28-26(24)30(20-10-19-29-17-7-2-8-18-29)25-15-6-5-13-23(25)21-22-11-3-1-4-12-22/h1,3-6,9,11-16H,2,7-8,10,17-21,27H2. The molecule has 0 unspecified atom stereocenters. The molecule has 0 radical (unpaired) electrons. The van der Waals surface area contributed by atoms with Crippen LogP contribution in [0.15, 0.2) is 72.9 Å². The predicted molar refractivity (Wildman–Crippen MR) is 126 cm³/mol. The maximum Gasteiger partial charge on any atom is 0.156 e. The fraction of sp³-hybridized carbons (Fsp3) is 0.346. The molecule has 0 amide bonds. The predicted octanol–water partition coefficient (Wildman–Crippen LogP) is 5.27. The maximum absolute atomic E-state index is 6.36. The van der Waals surface area contributed by atoms with Gasteiger partial charge in [0.05, 0.1) is 5.69 Å². The smallest absolute Gasteiger partial charge is 0.156 e. The fourth-order valence-electron chi connectivity index (χ4n) is 4.35. The van der Waals surface area contributed by atoms with Gasteiger partial charge in [0.25, 0.3) is 0 Å². The fourth-order valence-corrected chi connectivity index (χ4v) is 4.35. The molecule has 0 saturated carbocycles. The second-order valence-electron chi connectivity index (χ2n) is 8.11. The van der Waals surface area contributed by atoms with Gasteiger partial charge < -0.3 is 15.5 Å². The third-order valence-electron chi connectivity index (χ3n) is 5.90. The number of anilines is 3. The van der Waals surface area contributed by atoms with Crippen LogP contribution in [0, 0.1) is 0 Å². The first-order chi connectivity index (χ1) is 14.8. The second-order valence-corrected chi connectivity index (χ2v) is 8.11. The van der Waals surface area contributed by atoms with E-state index >= 15 is 0 Å². The van der Waals surface area contributed by atoms with Crippen LogP contribution in [-0.2, 0) is 6.42 Å². The van der Waals surface area contributed by atoms with Crippen molar-refractivity contribution >= 4 is 17.2 Å². The molecule has 0 atom stereocenters. The van der Waals surface area contributed by atoms with E-state index in [0.717, 1.165) is 37.4 Å². The van der Waals surface area contributed by atoms with Gasteiger partial charge in [0.2, 0.25) is 0 Å². The van der Waals surface area contributed by atoms with E-state index in [4.69, 9.17) is 5.73 Å². The van der Waals surface area contributed by atoms with Crippen molar-refractivity contribution in [2.45, 2.75) is 32.1 Å². The number of pyridine rings is 1. The molecule has 1 aliphatic rings. The van der Waals surface area contributed by atoms with Crippen molar-refractivity contribution in [3.63, 3.8) is 0 Å². The number of para-hydroxylation sites is 1. The normalized spacial score (nSPS) is 14.5. The minimum absolute atomic E-state index is 0.727. The van der Waals surface area contributed by atoms with Gasteiger partial charge in [-0.1, -0.05) is 55.0 Å². The molecular weight excluding hydrogens is 368 g/mol. The van der Waals surface area contributed by atoms with Crippen molar-refractivity contribution in [3.8, 4) is 0 Å². The summed E-state index contributed by atoms with van der Waals surface area (Å²) in [5.41, 5.74) is 10.9. The maximum atomic E-state index is 6.36. The van der Waals surface area contributed by atoms with E-state index < -0.39 is 0 Å². The van der Waals surface area contributed by atoms with Crippen LogP contribution in [0.5, 0.6) is 0 Å². The lowest BCUT2D eigenvalue weighted by molar-refractivity contribution is 0.227. The van der Waals surface area contributed by atoms with Gasteiger partial charge in [0.1, 0.15) is 0 Å². The second kappa shape index (κ2) is 10.3. The molecule has 2 N–H and O–H groups in total.